The Labute approximate surface area is 99.0 Å². The first kappa shape index (κ1) is 10.9. The maximum Gasteiger partial charge on any atom is 0.133 e. The Bertz CT molecular complexity index is 355. The van der Waals surface area contributed by atoms with E-state index in [0.29, 0.717) is 17.6 Å². The number of ketones is 1. The molecule has 0 spiro atoms. The summed E-state index contributed by atoms with van der Waals surface area (Å²) in [5, 5.41) is 0. The zero-order valence-electron chi connectivity index (χ0n) is 8.87. The topological polar surface area (TPSA) is 17.1 Å². The fourth-order valence-electron chi connectivity index (χ4n) is 2.29. The third-order valence-electron chi connectivity index (χ3n) is 3.31. The van der Waals surface area contributed by atoms with Gasteiger partial charge in [0.25, 0.3) is 0 Å². The van der Waals surface area contributed by atoms with Gasteiger partial charge in [0.15, 0.2) is 0 Å². The van der Waals surface area contributed by atoms with Crippen LogP contribution in [0.3, 0.4) is 0 Å². The van der Waals surface area contributed by atoms with Crippen LogP contribution in [0.2, 0.25) is 0 Å². The Hall–Kier alpha value is -0.630. The van der Waals surface area contributed by atoms with Crippen LogP contribution in [0.4, 0.5) is 0 Å². The molecule has 2 heteroatoms. The van der Waals surface area contributed by atoms with Gasteiger partial charge in [-0.3, -0.25) is 4.79 Å². The van der Waals surface area contributed by atoms with Crippen LogP contribution in [0, 0.1) is 5.92 Å². The molecule has 0 amide bonds. The van der Waals surface area contributed by atoms with Crippen LogP contribution in [-0.2, 0) is 4.79 Å². The van der Waals surface area contributed by atoms with Gasteiger partial charge in [0.1, 0.15) is 5.78 Å². The van der Waals surface area contributed by atoms with E-state index in [0.717, 1.165) is 23.7 Å². The van der Waals surface area contributed by atoms with Gasteiger partial charge in [-0.05, 0) is 36.0 Å². The Morgan fingerprint density at radius 2 is 1.93 bits per heavy atom. The molecule has 0 bridgehead atoms. The molecule has 1 aromatic carbocycles. The molecule has 1 saturated carbocycles. The molecule has 2 rings (SSSR count). The van der Waals surface area contributed by atoms with Crippen molar-refractivity contribution in [3.63, 3.8) is 0 Å². The lowest BCUT2D eigenvalue weighted by Gasteiger charge is -2.28. The van der Waals surface area contributed by atoms with Crippen molar-refractivity contribution >= 4 is 21.7 Å². The highest BCUT2D eigenvalue weighted by Gasteiger charge is 2.27. The van der Waals surface area contributed by atoms with E-state index in [1.807, 2.05) is 0 Å². The second-order valence-electron chi connectivity index (χ2n) is 4.42. The Morgan fingerprint density at radius 3 is 2.60 bits per heavy atom. The van der Waals surface area contributed by atoms with Crippen molar-refractivity contribution in [1.82, 2.24) is 0 Å². The summed E-state index contributed by atoms with van der Waals surface area (Å²) in [5.41, 5.74) is 1.30. The third kappa shape index (κ3) is 2.49. The highest BCUT2D eigenvalue weighted by Crippen LogP contribution is 2.36. The van der Waals surface area contributed by atoms with Gasteiger partial charge in [0.2, 0.25) is 0 Å². The molecule has 1 fully saturated rings. The molecule has 2 unspecified atom stereocenters. The van der Waals surface area contributed by atoms with Crippen LogP contribution in [0.25, 0.3) is 0 Å². The van der Waals surface area contributed by atoms with Gasteiger partial charge in [0, 0.05) is 17.3 Å². The van der Waals surface area contributed by atoms with Crippen molar-refractivity contribution in [3.05, 3.63) is 34.3 Å². The zero-order valence-corrected chi connectivity index (χ0v) is 10.5. The fraction of sp³-hybridized carbons (Fsp3) is 0.462. The average molecular weight is 267 g/mol. The highest BCUT2D eigenvalue weighted by molar-refractivity contribution is 9.10. The molecule has 1 nitrogen and oxygen atoms in total. The van der Waals surface area contributed by atoms with E-state index < -0.39 is 0 Å². The first-order valence-electron chi connectivity index (χ1n) is 5.44. The largest absolute Gasteiger partial charge is 0.300 e. The highest BCUT2D eigenvalue weighted by atomic mass is 79.9. The predicted octanol–water partition coefficient (Wildman–Crippen LogP) is 3.92. The normalized spacial score (nSPS) is 26.7. The van der Waals surface area contributed by atoms with E-state index >= 15 is 0 Å². The smallest absolute Gasteiger partial charge is 0.133 e. The van der Waals surface area contributed by atoms with Gasteiger partial charge in [-0.25, -0.2) is 0 Å². The first-order valence-corrected chi connectivity index (χ1v) is 6.23. The summed E-state index contributed by atoms with van der Waals surface area (Å²) in [5.74, 6) is 1.48. The lowest BCUT2D eigenvalue weighted by molar-refractivity contribution is -0.121. The van der Waals surface area contributed by atoms with Gasteiger partial charge in [0.05, 0.1) is 0 Å². The van der Waals surface area contributed by atoms with Crippen molar-refractivity contribution in [1.29, 1.82) is 0 Å². The molecule has 0 radical (unpaired) electrons. The number of carbonyl (C=O) groups excluding carboxylic acids is 1. The van der Waals surface area contributed by atoms with Crippen molar-refractivity contribution in [2.45, 2.75) is 32.1 Å². The summed E-state index contributed by atoms with van der Waals surface area (Å²) in [6.07, 6.45) is 2.54. The molecule has 0 aromatic heterocycles. The lowest BCUT2D eigenvalue weighted by atomic mass is 9.76. The molecule has 0 N–H and O–H groups in total. The minimum Gasteiger partial charge on any atom is -0.300 e. The van der Waals surface area contributed by atoms with E-state index in [1.54, 1.807) is 0 Å². The van der Waals surface area contributed by atoms with Gasteiger partial charge in [-0.15, -0.1) is 0 Å². The number of carbonyl (C=O) groups is 1. The summed E-state index contributed by atoms with van der Waals surface area (Å²) in [6.45, 7) is 2.25. The van der Waals surface area contributed by atoms with E-state index in [4.69, 9.17) is 0 Å². The van der Waals surface area contributed by atoms with Gasteiger partial charge in [-0.1, -0.05) is 35.0 Å². The van der Waals surface area contributed by atoms with E-state index in [2.05, 4.69) is 47.1 Å². The van der Waals surface area contributed by atoms with Crippen LogP contribution >= 0.6 is 15.9 Å². The first-order chi connectivity index (χ1) is 7.16. The number of hydrogen-bond donors (Lipinski definition) is 0. The summed E-state index contributed by atoms with van der Waals surface area (Å²) in [6, 6.07) is 8.37. The summed E-state index contributed by atoms with van der Waals surface area (Å²) in [4.78, 5) is 11.5. The monoisotopic (exact) mass is 266 g/mol. The quantitative estimate of drug-likeness (QED) is 0.753. The Balaban J connectivity index is 2.21. The van der Waals surface area contributed by atoms with Crippen molar-refractivity contribution in [2.75, 3.05) is 0 Å². The number of halogens is 1. The minimum absolute atomic E-state index is 0.418. The van der Waals surface area contributed by atoms with E-state index in [1.165, 1.54) is 5.56 Å². The predicted molar refractivity (Wildman–Crippen MR) is 64.9 cm³/mol. The molecular formula is C13H15BrO. The Morgan fingerprint density at radius 1 is 1.27 bits per heavy atom. The number of Topliss-reactive ketones (excluding diaryl/α,β-unsaturated/α-hetero) is 1. The van der Waals surface area contributed by atoms with Crippen LogP contribution < -0.4 is 0 Å². The molecule has 1 aliphatic rings. The van der Waals surface area contributed by atoms with Crippen LogP contribution in [0.15, 0.2) is 28.7 Å². The molecular weight excluding hydrogens is 252 g/mol. The fourth-order valence-corrected chi connectivity index (χ4v) is 2.56. The minimum atomic E-state index is 0.418. The number of rotatable bonds is 1. The van der Waals surface area contributed by atoms with Crippen molar-refractivity contribution in [2.24, 2.45) is 5.92 Å². The van der Waals surface area contributed by atoms with Crippen LogP contribution in [0.5, 0.6) is 0 Å². The maximum atomic E-state index is 11.5. The van der Waals surface area contributed by atoms with Crippen LogP contribution in [0.1, 0.15) is 37.7 Å². The third-order valence-corrected chi connectivity index (χ3v) is 3.84. The Kier molecular flexibility index (Phi) is 3.25. The summed E-state index contributed by atoms with van der Waals surface area (Å²) < 4.78 is 1.10. The molecule has 0 saturated heterocycles. The maximum absolute atomic E-state index is 11.5. The van der Waals surface area contributed by atoms with Crippen LogP contribution in [-0.4, -0.2) is 5.78 Å². The van der Waals surface area contributed by atoms with Gasteiger partial charge < -0.3 is 0 Å². The standard InChI is InChI=1S/C13H15BrO/c1-9-2-7-12(15)8-13(9)10-3-5-11(14)6-4-10/h3-6,9,13H,2,7-8H2,1H3. The SMILES string of the molecule is CC1CCC(=O)CC1c1ccc(Br)cc1. The molecule has 2 atom stereocenters. The lowest BCUT2D eigenvalue weighted by Crippen LogP contribution is -2.21. The second-order valence-corrected chi connectivity index (χ2v) is 5.33. The van der Waals surface area contributed by atoms with Gasteiger partial charge >= 0.3 is 0 Å². The average Bonchev–Trinajstić information content (AvgIpc) is 2.23. The van der Waals surface area contributed by atoms with Crippen molar-refractivity contribution in [3.8, 4) is 0 Å². The summed E-state index contributed by atoms with van der Waals surface area (Å²) in [7, 11) is 0. The van der Waals surface area contributed by atoms with Crippen molar-refractivity contribution < 1.29 is 4.79 Å². The number of benzene rings is 1. The molecule has 0 heterocycles. The van der Waals surface area contributed by atoms with E-state index in [-0.39, 0.29) is 0 Å². The molecule has 15 heavy (non-hydrogen) atoms. The van der Waals surface area contributed by atoms with Gasteiger partial charge in [-0.2, -0.15) is 0 Å². The molecule has 1 aliphatic carbocycles. The summed E-state index contributed by atoms with van der Waals surface area (Å²) >= 11 is 3.43. The molecule has 1 aromatic rings. The number of hydrogen-bond acceptors (Lipinski definition) is 1. The molecule has 80 valence electrons. The molecule has 0 aliphatic heterocycles. The van der Waals surface area contributed by atoms with E-state index in [9.17, 15) is 4.79 Å². The second kappa shape index (κ2) is 4.48. The zero-order chi connectivity index (χ0) is 10.8.